The van der Waals surface area contributed by atoms with E-state index in [0.29, 0.717) is 0 Å². The topological polar surface area (TPSA) is 120 Å². The van der Waals surface area contributed by atoms with Gasteiger partial charge in [-0.1, -0.05) is 145 Å². The molecule has 0 heterocycles. The molecular formula is C51H66Fe2N6. The van der Waals surface area contributed by atoms with Crippen molar-refractivity contribution in [2.75, 3.05) is 0 Å². The van der Waals surface area contributed by atoms with Crippen molar-refractivity contribution in [3.05, 3.63) is 199 Å². The quantitative estimate of drug-likeness (QED) is 0.109. The first-order chi connectivity index (χ1) is 26.0. The predicted molar refractivity (Wildman–Crippen MR) is 254 cm³/mol. The van der Waals surface area contributed by atoms with Crippen LogP contribution < -0.4 is 0 Å². The number of nitrogens with two attached hydrogens (primary N) is 2. The minimum Gasteiger partial charge on any atom is -0.693 e. The van der Waals surface area contributed by atoms with Gasteiger partial charge in [-0.3, -0.25) is 9.98 Å². The van der Waals surface area contributed by atoms with E-state index >= 15 is 0 Å². The first-order valence-corrected chi connectivity index (χ1v) is 19.2. The molecule has 5 rings (SSSR count). The van der Waals surface area contributed by atoms with E-state index in [9.17, 15) is 0 Å². The van der Waals surface area contributed by atoms with Gasteiger partial charge >= 0.3 is 34.1 Å². The van der Waals surface area contributed by atoms with Crippen LogP contribution in [0.3, 0.4) is 0 Å². The van der Waals surface area contributed by atoms with Crippen LogP contribution >= 0.6 is 0 Å². The monoisotopic (exact) mass is 874 g/mol. The van der Waals surface area contributed by atoms with E-state index in [1.54, 1.807) is 0 Å². The molecule has 0 spiro atoms. The number of hydrogen-bond acceptors (Lipinski definition) is 2. The van der Waals surface area contributed by atoms with Gasteiger partial charge in [0.25, 0.3) is 0 Å². The molecule has 0 atom stereocenters. The number of aryl methyl sites for hydroxylation is 9. The summed E-state index contributed by atoms with van der Waals surface area (Å²) in [6.07, 6.45) is 0. The third-order valence-corrected chi connectivity index (χ3v) is 9.99. The molecule has 0 unspecified atom stereocenters. The second-order valence-corrected chi connectivity index (χ2v) is 14.7. The molecule has 0 bridgehead atoms. The van der Waals surface area contributed by atoms with Crippen molar-refractivity contribution in [2.24, 2.45) is 9.98 Å². The Labute approximate surface area is 378 Å². The molecule has 0 aliphatic heterocycles. The van der Waals surface area contributed by atoms with Crippen LogP contribution in [0.4, 0.5) is 22.7 Å². The van der Waals surface area contributed by atoms with E-state index < -0.39 is 0 Å². The van der Waals surface area contributed by atoms with Crippen molar-refractivity contribution in [3.63, 3.8) is 0 Å². The molecule has 0 aromatic heterocycles. The minimum absolute atomic E-state index is 0. The van der Waals surface area contributed by atoms with Crippen molar-refractivity contribution in [1.29, 1.82) is 0 Å². The van der Waals surface area contributed by atoms with Crippen LogP contribution in [0, 0.1) is 62.3 Å². The Hall–Kier alpha value is -4.52. The molecular weight excluding hydrogens is 808 g/mol. The van der Waals surface area contributed by atoms with Crippen LogP contribution in [0.1, 0.15) is 91.6 Å². The maximum Gasteiger partial charge on any atom is 2.00 e. The van der Waals surface area contributed by atoms with Gasteiger partial charge in [-0.2, -0.15) is 11.4 Å². The standard InChI is InChI=1S/2C22H27N2.C7H8.2Fe.2H2N/c2*1-14-10-8-11-15(2)21(14)23-19(6)18(5)20(7)24-22-16(3)12-9-13-17(22)4;1-7-5-3-2-4-6-7;;;;/h2*8-13H,1-7H3;2-6H,1H3;;;2*1H2/q2*-1;;2*+2;2*-1/b2*19-18-,24-20?;;;;;. The summed E-state index contributed by atoms with van der Waals surface area (Å²) in [5.41, 5.74) is 21.5. The third-order valence-electron chi connectivity index (χ3n) is 9.99. The van der Waals surface area contributed by atoms with Crippen LogP contribution in [0.15, 0.2) is 136 Å². The van der Waals surface area contributed by atoms with Gasteiger partial charge in [-0.25, -0.2) is 0 Å². The van der Waals surface area contributed by atoms with E-state index in [0.717, 1.165) is 56.7 Å². The van der Waals surface area contributed by atoms with Gasteiger partial charge in [0.05, 0.1) is 11.4 Å². The maximum absolute atomic E-state index is 4.86. The normalized spacial score (nSPS) is 11.5. The smallest absolute Gasteiger partial charge is 0.693 e. The number of para-hydroxylation sites is 4. The summed E-state index contributed by atoms with van der Waals surface area (Å²) in [7, 11) is 0. The Bertz CT molecular complexity index is 2000. The molecule has 0 saturated carbocycles. The zero-order chi connectivity index (χ0) is 40.8. The van der Waals surface area contributed by atoms with Crippen molar-refractivity contribution in [2.45, 2.75) is 104 Å². The van der Waals surface area contributed by atoms with Crippen molar-refractivity contribution in [3.8, 4) is 0 Å². The summed E-state index contributed by atoms with van der Waals surface area (Å²) < 4.78 is 0. The molecule has 0 saturated heterocycles. The van der Waals surface area contributed by atoms with Gasteiger partial charge in [-0.05, 0) is 123 Å². The molecule has 5 aromatic carbocycles. The van der Waals surface area contributed by atoms with Gasteiger partial charge in [-0.15, -0.1) is 11.4 Å². The molecule has 0 radical (unpaired) electrons. The van der Waals surface area contributed by atoms with E-state index in [4.69, 9.17) is 20.6 Å². The average molecular weight is 875 g/mol. The van der Waals surface area contributed by atoms with Gasteiger partial charge in [0.1, 0.15) is 0 Å². The minimum atomic E-state index is 0. The van der Waals surface area contributed by atoms with Crippen molar-refractivity contribution < 1.29 is 34.1 Å². The molecule has 4 N–H and O–H groups in total. The first kappa shape index (κ1) is 56.6. The van der Waals surface area contributed by atoms with E-state index in [1.807, 2.05) is 18.2 Å². The average Bonchev–Trinajstić information content (AvgIpc) is 3.14. The number of hydrogen-bond donors (Lipinski definition) is 0. The Kier molecular flexibility index (Phi) is 26.2. The number of allylic oxidation sites excluding steroid dienone is 4. The molecule has 0 amide bonds. The summed E-state index contributed by atoms with van der Waals surface area (Å²) in [5.74, 6) is 0. The summed E-state index contributed by atoms with van der Waals surface area (Å²) in [6, 6.07) is 35.4. The zero-order valence-electron chi connectivity index (χ0n) is 38.0. The second kappa shape index (κ2) is 27.3. The van der Waals surface area contributed by atoms with Gasteiger partial charge in [0.15, 0.2) is 0 Å². The molecule has 59 heavy (non-hydrogen) atoms. The zero-order valence-corrected chi connectivity index (χ0v) is 40.2. The van der Waals surface area contributed by atoms with Gasteiger partial charge < -0.3 is 22.9 Å². The summed E-state index contributed by atoms with van der Waals surface area (Å²) in [4.78, 5) is 9.73. The SMILES string of the molecule is CC(=Nc1c(C)cccc1C)/C(C)=C(/C)[N-]c1c(C)cccc1C.CC(=Nc1c(C)cccc1C)/C(C)=C(/C)[N-]c1c(C)cccc1C.Cc1ccccc1.[Fe+2].[Fe+2].[NH2-].[NH2-]. The Morgan fingerprint density at radius 2 is 0.610 bits per heavy atom. The molecule has 0 aliphatic carbocycles. The van der Waals surface area contributed by atoms with Crippen LogP contribution in [0.2, 0.25) is 0 Å². The maximum atomic E-state index is 4.86. The fourth-order valence-corrected chi connectivity index (χ4v) is 5.99. The molecule has 8 heteroatoms. The van der Waals surface area contributed by atoms with Crippen LogP contribution in [0.25, 0.3) is 22.9 Å². The molecule has 6 nitrogen and oxygen atoms in total. The largest absolute Gasteiger partial charge is 2.00 e. The van der Waals surface area contributed by atoms with Gasteiger partial charge in [0, 0.05) is 11.4 Å². The first-order valence-electron chi connectivity index (χ1n) is 19.2. The summed E-state index contributed by atoms with van der Waals surface area (Å²) >= 11 is 0. The van der Waals surface area contributed by atoms with Crippen LogP contribution in [-0.4, -0.2) is 11.4 Å². The molecule has 0 aliphatic rings. The summed E-state index contributed by atoms with van der Waals surface area (Å²) in [5, 5.41) is 9.73. The Balaban J connectivity index is 0. The number of benzene rings is 5. The van der Waals surface area contributed by atoms with Crippen LogP contribution in [0.5, 0.6) is 0 Å². The number of nitrogens with zero attached hydrogens (tertiary/aromatic N) is 4. The molecule has 0 fully saturated rings. The number of rotatable bonds is 8. The third kappa shape index (κ3) is 16.9. The number of aliphatic imine (C=N–C) groups is 2. The van der Waals surface area contributed by atoms with Crippen molar-refractivity contribution in [1.82, 2.24) is 0 Å². The predicted octanol–water partition coefficient (Wildman–Crippen LogP) is 17.4. The van der Waals surface area contributed by atoms with Gasteiger partial charge in [0.2, 0.25) is 0 Å². The fraction of sp³-hybridized carbons (Fsp3) is 0.294. The Morgan fingerprint density at radius 1 is 0.356 bits per heavy atom. The molecule has 316 valence electrons. The molecule has 5 aromatic rings. The van der Waals surface area contributed by atoms with Crippen molar-refractivity contribution >= 4 is 34.2 Å². The van der Waals surface area contributed by atoms with Crippen LogP contribution in [-0.2, 0) is 34.1 Å². The van der Waals surface area contributed by atoms with E-state index in [-0.39, 0.29) is 46.4 Å². The fourth-order valence-electron chi connectivity index (χ4n) is 5.99. The van der Waals surface area contributed by atoms with E-state index in [2.05, 4.69) is 189 Å². The summed E-state index contributed by atoms with van der Waals surface area (Å²) in [6.45, 7) is 31.3. The van der Waals surface area contributed by atoms with E-state index in [1.165, 1.54) is 50.1 Å². The Morgan fingerprint density at radius 3 is 0.847 bits per heavy atom. The second-order valence-electron chi connectivity index (χ2n) is 14.7.